The molecule has 0 radical (unpaired) electrons. The van der Waals surface area contributed by atoms with Crippen LogP contribution in [0.5, 0.6) is 0 Å². The summed E-state index contributed by atoms with van der Waals surface area (Å²) in [5.41, 5.74) is 0. The molecule has 1 amide bonds. The van der Waals surface area contributed by atoms with Crippen LogP contribution in [-0.2, 0) is 4.79 Å². The topological polar surface area (TPSA) is 49.3 Å². The lowest BCUT2D eigenvalue weighted by Crippen LogP contribution is -2.47. The van der Waals surface area contributed by atoms with Crippen molar-refractivity contribution in [1.82, 2.24) is 15.1 Å². The summed E-state index contributed by atoms with van der Waals surface area (Å²) in [5, 5.41) is 9.71. The fourth-order valence-corrected chi connectivity index (χ4v) is 5.49. The van der Waals surface area contributed by atoms with E-state index in [0.717, 1.165) is 70.7 Å². The summed E-state index contributed by atoms with van der Waals surface area (Å²) in [6, 6.07) is 12.2. The van der Waals surface area contributed by atoms with Crippen LogP contribution in [0.4, 0.5) is 5.82 Å². The van der Waals surface area contributed by atoms with Crippen molar-refractivity contribution in [3.8, 4) is 0 Å². The molecule has 0 bridgehead atoms. The predicted molar refractivity (Wildman–Crippen MR) is 119 cm³/mol. The summed E-state index contributed by atoms with van der Waals surface area (Å²) in [4.78, 5) is 18.3. The van der Waals surface area contributed by atoms with Gasteiger partial charge in [0.15, 0.2) is 5.82 Å². The average molecular weight is 479 g/mol. The van der Waals surface area contributed by atoms with Gasteiger partial charge in [-0.3, -0.25) is 4.79 Å². The Hall–Kier alpha value is -1.25. The van der Waals surface area contributed by atoms with Crippen LogP contribution in [0.15, 0.2) is 50.8 Å². The van der Waals surface area contributed by atoms with Crippen LogP contribution in [0.25, 0.3) is 0 Å². The molecule has 0 aliphatic carbocycles. The van der Waals surface area contributed by atoms with Crippen LogP contribution in [0, 0.1) is 5.92 Å². The van der Waals surface area contributed by atoms with Crippen molar-refractivity contribution in [2.45, 2.75) is 22.8 Å². The minimum absolute atomic E-state index is 0.0791. The third-order valence-corrected chi connectivity index (χ3v) is 7.49. The Morgan fingerprint density at radius 1 is 1.07 bits per heavy atom. The SMILES string of the molecule is O=C([C@@H]1CCCN(c2ccc(Sc3ccc(Br)cc3)nn2)C1)N1CCSCC1. The predicted octanol–water partition coefficient (Wildman–Crippen LogP) is 4.18. The van der Waals surface area contributed by atoms with Crippen molar-refractivity contribution in [3.63, 3.8) is 0 Å². The zero-order valence-electron chi connectivity index (χ0n) is 15.6. The van der Waals surface area contributed by atoms with Crippen molar-refractivity contribution < 1.29 is 4.79 Å². The van der Waals surface area contributed by atoms with Crippen LogP contribution >= 0.6 is 39.5 Å². The van der Waals surface area contributed by atoms with Crippen molar-refractivity contribution in [2.75, 3.05) is 42.6 Å². The maximum atomic E-state index is 12.9. The molecule has 3 heterocycles. The minimum Gasteiger partial charge on any atom is -0.354 e. The van der Waals surface area contributed by atoms with Gasteiger partial charge in [-0.15, -0.1) is 10.2 Å². The molecule has 5 nitrogen and oxygen atoms in total. The quantitative estimate of drug-likeness (QED) is 0.656. The number of anilines is 1. The monoisotopic (exact) mass is 478 g/mol. The van der Waals surface area contributed by atoms with Gasteiger partial charge < -0.3 is 9.80 Å². The second-order valence-corrected chi connectivity index (χ2v) is 10.2. The van der Waals surface area contributed by atoms with Crippen molar-refractivity contribution in [1.29, 1.82) is 0 Å². The normalized spacial score (nSPS) is 20.2. The van der Waals surface area contributed by atoms with Crippen molar-refractivity contribution in [3.05, 3.63) is 40.9 Å². The Balaban J connectivity index is 1.38. The largest absolute Gasteiger partial charge is 0.354 e. The molecular weight excluding hydrogens is 456 g/mol. The number of halogens is 1. The molecule has 0 saturated carbocycles. The molecule has 2 aliphatic heterocycles. The van der Waals surface area contributed by atoms with Crippen LogP contribution < -0.4 is 4.90 Å². The van der Waals surface area contributed by atoms with Crippen molar-refractivity contribution >= 4 is 51.2 Å². The Labute approximate surface area is 182 Å². The highest BCUT2D eigenvalue weighted by atomic mass is 79.9. The van der Waals surface area contributed by atoms with Gasteiger partial charge in [-0.05, 0) is 49.2 Å². The smallest absolute Gasteiger partial charge is 0.227 e. The van der Waals surface area contributed by atoms with Gasteiger partial charge in [0.05, 0.1) is 5.92 Å². The number of thioether (sulfide) groups is 1. The summed E-state index contributed by atoms with van der Waals surface area (Å²) in [7, 11) is 0. The molecule has 1 aromatic carbocycles. The van der Waals surface area contributed by atoms with E-state index in [1.807, 2.05) is 40.9 Å². The Kier molecular flexibility index (Phi) is 6.80. The Bertz CT molecular complexity index is 797. The summed E-state index contributed by atoms with van der Waals surface area (Å²) >= 11 is 6.99. The number of benzene rings is 1. The lowest BCUT2D eigenvalue weighted by molar-refractivity contribution is -0.135. The number of rotatable bonds is 4. The van der Waals surface area contributed by atoms with Crippen LogP contribution in [0.2, 0.25) is 0 Å². The van der Waals surface area contributed by atoms with Gasteiger partial charge >= 0.3 is 0 Å². The first-order chi connectivity index (χ1) is 13.7. The summed E-state index contributed by atoms with van der Waals surface area (Å²) in [5.74, 6) is 3.39. The summed E-state index contributed by atoms with van der Waals surface area (Å²) in [6.45, 7) is 3.47. The fourth-order valence-electron chi connectivity index (χ4n) is 3.59. The standard InChI is InChI=1S/C20H23BrN4OS2/c21-16-3-5-17(6-4-16)28-19-8-7-18(22-23-19)25-9-1-2-15(14-25)20(26)24-10-12-27-13-11-24/h3-8,15H,1-2,9-14H2/t15-/m1/s1. The maximum Gasteiger partial charge on any atom is 0.227 e. The molecule has 2 aromatic rings. The zero-order chi connectivity index (χ0) is 19.3. The third-order valence-electron chi connectivity index (χ3n) is 5.08. The van der Waals surface area contributed by atoms with E-state index in [1.165, 1.54) is 0 Å². The summed E-state index contributed by atoms with van der Waals surface area (Å²) < 4.78 is 1.07. The highest BCUT2D eigenvalue weighted by molar-refractivity contribution is 9.10. The van der Waals surface area contributed by atoms with Gasteiger partial charge in [0.2, 0.25) is 5.91 Å². The molecule has 0 N–H and O–H groups in total. The van der Waals surface area contributed by atoms with Gasteiger partial charge in [-0.2, -0.15) is 11.8 Å². The number of piperidine rings is 1. The van der Waals surface area contributed by atoms with Crippen LogP contribution in [-0.4, -0.2) is 58.7 Å². The second-order valence-electron chi connectivity index (χ2n) is 7.01. The number of hydrogen-bond acceptors (Lipinski definition) is 6. The lowest BCUT2D eigenvalue weighted by Gasteiger charge is -2.36. The number of carbonyl (C=O) groups is 1. The van der Waals surface area contributed by atoms with Gasteiger partial charge in [0, 0.05) is 47.1 Å². The number of carbonyl (C=O) groups excluding carboxylic acids is 1. The zero-order valence-corrected chi connectivity index (χ0v) is 18.8. The van der Waals surface area contributed by atoms with Gasteiger partial charge in [-0.1, -0.05) is 27.7 Å². The highest BCUT2D eigenvalue weighted by Gasteiger charge is 2.30. The number of nitrogens with zero attached hydrogens (tertiary/aromatic N) is 4. The Morgan fingerprint density at radius 2 is 1.86 bits per heavy atom. The van der Waals surface area contributed by atoms with E-state index in [9.17, 15) is 4.79 Å². The average Bonchev–Trinajstić information content (AvgIpc) is 2.76. The molecule has 2 aliphatic rings. The number of hydrogen-bond donors (Lipinski definition) is 0. The van der Waals surface area contributed by atoms with Crippen molar-refractivity contribution in [2.24, 2.45) is 5.92 Å². The molecular formula is C20H23BrN4OS2. The fraction of sp³-hybridized carbons (Fsp3) is 0.450. The van der Waals surface area contributed by atoms with Gasteiger partial charge in [0.25, 0.3) is 0 Å². The maximum absolute atomic E-state index is 12.9. The molecule has 0 spiro atoms. The van der Waals surface area contributed by atoms with E-state index in [1.54, 1.807) is 11.8 Å². The first kappa shape index (κ1) is 20.0. The van der Waals surface area contributed by atoms with Crippen LogP contribution in [0.3, 0.4) is 0 Å². The number of aromatic nitrogens is 2. The van der Waals surface area contributed by atoms with Gasteiger partial charge in [0.1, 0.15) is 5.03 Å². The first-order valence-corrected chi connectivity index (χ1v) is 12.3. The molecule has 28 heavy (non-hydrogen) atoms. The third kappa shape index (κ3) is 5.02. The molecule has 1 atom stereocenters. The van der Waals surface area contributed by atoms with Gasteiger partial charge in [-0.25, -0.2) is 0 Å². The first-order valence-electron chi connectivity index (χ1n) is 9.58. The Morgan fingerprint density at radius 3 is 2.57 bits per heavy atom. The van der Waals surface area contributed by atoms with E-state index in [4.69, 9.17) is 0 Å². The highest BCUT2D eigenvalue weighted by Crippen LogP contribution is 2.29. The lowest BCUT2D eigenvalue weighted by atomic mass is 9.96. The number of amides is 1. The van der Waals surface area contributed by atoms with Crippen LogP contribution in [0.1, 0.15) is 12.8 Å². The van der Waals surface area contributed by atoms with E-state index in [0.29, 0.717) is 5.91 Å². The molecule has 148 valence electrons. The van der Waals surface area contributed by atoms with E-state index in [-0.39, 0.29) is 5.92 Å². The summed E-state index contributed by atoms with van der Waals surface area (Å²) in [6.07, 6.45) is 2.00. The molecule has 1 aromatic heterocycles. The van der Waals surface area contributed by atoms with E-state index < -0.39 is 0 Å². The molecule has 2 fully saturated rings. The van der Waals surface area contributed by atoms with E-state index in [2.05, 4.69) is 43.2 Å². The van der Waals surface area contributed by atoms with E-state index >= 15 is 0 Å². The molecule has 2 saturated heterocycles. The minimum atomic E-state index is 0.0791. The molecule has 4 rings (SSSR count). The molecule has 0 unspecified atom stereocenters. The second kappa shape index (κ2) is 9.50. The molecule has 8 heteroatoms.